The van der Waals surface area contributed by atoms with Crippen molar-refractivity contribution in [3.63, 3.8) is 0 Å². The largest absolute Gasteiger partial charge is 0.365 e. The lowest BCUT2D eigenvalue weighted by Gasteiger charge is -2.22. The van der Waals surface area contributed by atoms with Crippen LogP contribution in [0.15, 0.2) is 78.5 Å². The normalized spacial score (nSPS) is 13.9. The van der Waals surface area contributed by atoms with Crippen molar-refractivity contribution >= 4 is 23.1 Å². The molecular formula is C27H26N2O2. The standard InChI is InChI=1S/C27H26N2O2/c1-18-11-14-22(15-12-18)24-25(28(4)17-21-8-6-5-7-9-21)27(31)29(26(24)30)23-16-19(2)10-13-20(23)3/h5-16H,17H2,1-4H3. The van der Waals surface area contributed by atoms with Crippen LogP contribution >= 0.6 is 0 Å². The third kappa shape index (κ3) is 3.89. The Morgan fingerprint density at radius 1 is 0.774 bits per heavy atom. The molecule has 0 radical (unpaired) electrons. The minimum atomic E-state index is -0.285. The van der Waals surface area contributed by atoms with Gasteiger partial charge in [-0.3, -0.25) is 9.59 Å². The van der Waals surface area contributed by atoms with Gasteiger partial charge in [-0.15, -0.1) is 0 Å². The van der Waals surface area contributed by atoms with E-state index in [1.807, 2.05) is 106 Å². The first-order valence-electron chi connectivity index (χ1n) is 10.4. The fourth-order valence-electron chi connectivity index (χ4n) is 3.97. The summed E-state index contributed by atoms with van der Waals surface area (Å²) in [5, 5.41) is 0. The number of likely N-dealkylation sites (N-methyl/N-ethyl adjacent to an activating group) is 1. The number of carbonyl (C=O) groups excluding carboxylic acids is 2. The van der Waals surface area contributed by atoms with Crippen molar-refractivity contribution in [1.29, 1.82) is 0 Å². The van der Waals surface area contributed by atoms with Crippen molar-refractivity contribution in [2.24, 2.45) is 0 Å². The van der Waals surface area contributed by atoms with Crippen molar-refractivity contribution < 1.29 is 9.59 Å². The van der Waals surface area contributed by atoms with Gasteiger partial charge in [-0.1, -0.05) is 72.3 Å². The Morgan fingerprint density at radius 2 is 1.42 bits per heavy atom. The molecule has 4 nitrogen and oxygen atoms in total. The van der Waals surface area contributed by atoms with Crippen LogP contribution < -0.4 is 4.90 Å². The van der Waals surface area contributed by atoms with Crippen LogP contribution in [0, 0.1) is 20.8 Å². The van der Waals surface area contributed by atoms with E-state index in [1.165, 1.54) is 4.90 Å². The molecule has 3 aromatic rings. The molecule has 4 heteroatoms. The number of hydrogen-bond acceptors (Lipinski definition) is 3. The lowest BCUT2D eigenvalue weighted by atomic mass is 10.0. The van der Waals surface area contributed by atoms with Crippen molar-refractivity contribution in [2.45, 2.75) is 27.3 Å². The van der Waals surface area contributed by atoms with E-state index in [0.717, 1.165) is 27.8 Å². The lowest BCUT2D eigenvalue weighted by Crippen LogP contribution is -2.34. The zero-order valence-electron chi connectivity index (χ0n) is 18.3. The summed E-state index contributed by atoms with van der Waals surface area (Å²) >= 11 is 0. The topological polar surface area (TPSA) is 40.6 Å². The Morgan fingerprint density at radius 3 is 2.10 bits per heavy atom. The predicted octanol–water partition coefficient (Wildman–Crippen LogP) is 5.03. The number of imide groups is 1. The van der Waals surface area contributed by atoms with Crippen LogP contribution in [0.25, 0.3) is 5.57 Å². The fraction of sp³-hybridized carbons (Fsp3) is 0.185. The molecule has 0 saturated heterocycles. The second-order valence-corrected chi connectivity index (χ2v) is 8.17. The van der Waals surface area contributed by atoms with Crippen LogP contribution in [0.1, 0.15) is 27.8 Å². The molecule has 1 aliphatic heterocycles. The summed E-state index contributed by atoms with van der Waals surface area (Å²) in [4.78, 5) is 30.5. The molecule has 0 bridgehead atoms. The summed E-state index contributed by atoms with van der Waals surface area (Å²) in [7, 11) is 1.87. The monoisotopic (exact) mass is 410 g/mol. The number of rotatable bonds is 5. The maximum atomic E-state index is 13.7. The summed E-state index contributed by atoms with van der Waals surface area (Å²) in [5.41, 5.74) is 6.35. The molecule has 0 unspecified atom stereocenters. The Balaban J connectivity index is 1.83. The predicted molar refractivity (Wildman–Crippen MR) is 124 cm³/mol. The first-order chi connectivity index (χ1) is 14.9. The van der Waals surface area contributed by atoms with E-state index in [9.17, 15) is 9.59 Å². The second kappa shape index (κ2) is 8.23. The molecule has 0 aliphatic carbocycles. The molecule has 0 atom stereocenters. The second-order valence-electron chi connectivity index (χ2n) is 8.17. The Labute approximate surface area is 183 Å². The summed E-state index contributed by atoms with van der Waals surface area (Å²) in [6.45, 7) is 6.42. The summed E-state index contributed by atoms with van der Waals surface area (Å²) < 4.78 is 0. The van der Waals surface area contributed by atoms with E-state index in [2.05, 4.69) is 0 Å². The van der Waals surface area contributed by atoms with Crippen molar-refractivity contribution in [2.75, 3.05) is 11.9 Å². The average Bonchev–Trinajstić information content (AvgIpc) is 3.01. The molecule has 156 valence electrons. The van der Waals surface area contributed by atoms with Gasteiger partial charge in [-0.25, -0.2) is 4.90 Å². The molecule has 0 spiro atoms. The first kappa shape index (κ1) is 20.6. The van der Waals surface area contributed by atoms with E-state index < -0.39 is 0 Å². The van der Waals surface area contributed by atoms with Gasteiger partial charge in [-0.2, -0.15) is 0 Å². The number of hydrogen-bond donors (Lipinski definition) is 0. The molecule has 31 heavy (non-hydrogen) atoms. The van der Waals surface area contributed by atoms with E-state index in [-0.39, 0.29) is 11.8 Å². The quantitative estimate of drug-likeness (QED) is 0.554. The third-order valence-electron chi connectivity index (χ3n) is 5.65. The fourth-order valence-corrected chi connectivity index (χ4v) is 3.97. The van der Waals surface area contributed by atoms with Gasteiger partial charge in [0.2, 0.25) is 0 Å². The molecule has 3 aromatic carbocycles. The molecule has 1 heterocycles. The van der Waals surface area contributed by atoms with E-state index in [1.54, 1.807) is 0 Å². The van der Waals surface area contributed by atoms with Crippen molar-refractivity contribution in [3.8, 4) is 0 Å². The Hall–Kier alpha value is -3.66. The highest BCUT2D eigenvalue weighted by Crippen LogP contribution is 2.36. The van der Waals surface area contributed by atoms with Crippen molar-refractivity contribution in [1.82, 2.24) is 4.90 Å². The Bertz CT molecular complexity index is 1180. The number of aryl methyl sites for hydroxylation is 3. The maximum absolute atomic E-state index is 13.7. The van der Waals surface area contributed by atoms with Crippen LogP contribution in [0.2, 0.25) is 0 Å². The van der Waals surface area contributed by atoms with Crippen LogP contribution in [0.4, 0.5) is 5.69 Å². The summed E-state index contributed by atoms with van der Waals surface area (Å²) in [6.07, 6.45) is 0. The highest BCUT2D eigenvalue weighted by atomic mass is 16.2. The molecular weight excluding hydrogens is 384 g/mol. The number of carbonyl (C=O) groups is 2. The third-order valence-corrected chi connectivity index (χ3v) is 5.65. The zero-order valence-corrected chi connectivity index (χ0v) is 18.3. The average molecular weight is 411 g/mol. The number of benzene rings is 3. The SMILES string of the molecule is Cc1ccc(C2=C(N(C)Cc3ccccc3)C(=O)N(c3cc(C)ccc3C)C2=O)cc1. The highest BCUT2D eigenvalue weighted by molar-refractivity contribution is 6.45. The van der Waals surface area contributed by atoms with E-state index >= 15 is 0 Å². The van der Waals surface area contributed by atoms with Gasteiger partial charge in [0.1, 0.15) is 5.70 Å². The van der Waals surface area contributed by atoms with E-state index in [0.29, 0.717) is 23.5 Å². The first-order valence-corrected chi connectivity index (χ1v) is 10.4. The van der Waals surface area contributed by atoms with Gasteiger partial charge < -0.3 is 4.90 Å². The number of nitrogens with zero attached hydrogens (tertiary/aromatic N) is 2. The van der Waals surface area contributed by atoms with Crippen LogP contribution in [-0.2, 0) is 16.1 Å². The molecule has 0 fully saturated rings. The Kier molecular flexibility index (Phi) is 5.47. The van der Waals surface area contributed by atoms with Gasteiger partial charge in [-0.05, 0) is 49.1 Å². The molecule has 1 aliphatic rings. The smallest absolute Gasteiger partial charge is 0.282 e. The van der Waals surface area contributed by atoms with Gasteiger partial charge in [0.05, 0.1) is 11.3 Å². The highest BCUT2D eigenvalue weighted by Gasteiger charge is 2.42. The summed E-state index contributed by atoms with van der Waals surface area (Å²) in [5.74, 6) is -0.565. The van der Waals surface area contributed by atoms with Gasteiger partial charge in [0.15, 0.2) is 0 Å². The van der Waals surface area contributed by atoms with Gasteiger partial charge >= 0.3 is 0 Å². The molecule has 0 saturated carbocycles. The summed E-state index contributed by atoms with van der Waals surface area (Å²) in [6, 6.07) is 23.6. The molecule has 2 amide bonds. The van der Waals surface area contributed by atoms with Crippen LogP contribution in [0.3, 0.4) is 0 Å². The molecule has 4 rings (SSSR count). The minimum absolute atomic E-state index is 0.280. The van der Waals surface area contributed by atoms with Crippen molar-refractivity contribution in [3.05, 3.63) is 106 Å². The van der Waals surface area contributed by atoms with Gasteiger partial charge in [0.25, 0.3) is 11.8 Å². The molecule has 0 aromatic heterocycles. The lowest BCUT2D eigenvalue weighted by molar-refractivity contribution is -0.120. The zero-order chi connectivity index (χ0) is 22.1. The number of anilines is 1. The van der Waals surface area contributed by atoms with Crippen LogP contribution in [-0.4, -0.2) is 23.8 Å². The van der Waals surface area contributed by atoms with Crippen LogP contribution in [0.5, 0.6) is 0 Å². The minimum Gasteiger partial charge on any atom is -0.365 e. The van der Waals surface area contributed by atoms with Gasteiger partial charge in [0, 0.05) is 13.6 Å². The van der Waals surface area contributed by atoms with E-state index in [4.69, 9.17) is 0 Å². The molecule has 0 N–H and O–H groups in total. The number of amides is 2. The maximum Gasteiger partial charge on any atom is 0.282 e.